The molecule has 0 unspecified atom stereocenters. The Hall–Kier alpha value is -2.45. The van der Waals surface area contributed by atoms with E-state index in [9.17, 15) is 18.0 Å². The second-order valence-electron chi connectivity index (χ2n) is 3.63. The van der Waals surface area contributed by atoms with Crippen LogP contribution in [0.5, 0.6) is 0 Å². The number of carbonyl (C=O) groups is 1. The van der Waals surface area contributed by atoms with Crippen molar-refractivity contribution < 1.29 is 18.0 Å². The number of benzene rings is 1. The van der Waals surface area contributed by atoms with Gasteiger partial charge < -0.3 is 5.32 Å². The van der Waals surface area contributed by atoms with Gasteiger partial charge in [0, 0.05) is 5.69 Å². The van der Waals surface area contributed by atoms with Crippen LogP contribution in [-0.2, 0) is 17.5 Å². The van der Waals surface area contributed by atoms with E-state index in [0.29, 0.717) is 0 Å². The molecule has 0 bridgehead atoms. The molecule has 0 aliphatic rings. The highest BCUT2D eigenvalue weighted by Crippen LogP contribution is 2.29. The number of anilines is 1. The average molecular weight is 271 g/mol. The van der Waals surface area contributed by atoms with Crippen molar-refractivity contribution in [2.24, 2.45) is 0 Å². The molecule has 0 saturated heterocycles. The number of hydrogen-bond donors (Lipinski definition) is 1. The molecule has 100 valence electrons. The molecule has 1 aromatic carbocycles. The minimum atomic E-state index is -4.39. The van der Waals surface area contributed by atoms with Gasteiger partial charge in [-0.3, -0.25) is 4.79 Å². The van der Waals surface area contributed by atoms with Gasteiger partial charge in [0.25, 0.3) is 0 Å². The minimum absolute atomic E-state index is 0.117. The van der Waals surface area contributed by atoms with Crippen molar-refractivity contribution in [2.75, 3.05) is 5.32 Å². The van der Waals surface area contributed by atoms with Crippen LogP contribution in [0.1, 0.15) is 5.56 Å². The lowest BCUT2D eigenvalue weighted by Crippen LogP contribution is -2.19. The van der Waals surface area contributed by atoms with E-state index in [1.54, 1.807) is 0 Å². The third kappa shape index (κ3) is 3.50. The smallest absolute Gasteiger partial charge is 0.324 e. The fraction of sp³-hybridized carbons (Fsp3) is 0.200. The summed E-state index contributed by atoms with van der Waals surface area (Å²) in [6, 6.07) is 4.15. The molecule has 1 heterocycles. The number of aromatic nitrogens is 4. The zero-order valence-electron chi connectivity index (χ0n) is 9.42. The molecule has 0 aliphatic carbocycles. The summed E-state index contributed by atoms with van der Waals surface area (Å²) in [7, 11) is 0. The van der Waals surface area contributed by atoms with Crippen LogP contribution >= 0.6 is 0 Å². The first-order valence-electron chi connectivity index (χ1n) is 5.13. The molecule has 0 atom stereocenters. The monoisotopic (exact) mass is 271 g/mol. The van der Waals surface area contributed by atoms with Crippen LogP contribution in [0.2, 0.25) is 0 Å². The van der Waals surface area contributed by atoms with Crippen molar-refractivity contribution in [3.63, 3.8) is 0 Å². The van der Waals surface area contributed by atoms with Gasteiger partial charge in [-0.05, 0) is 34.7 Å². The van der Waals surface area contributed by atoms with Crippen LogP contribution in [0.25, 0.3) is 0 Å². The molecule has 9 heteroatoms. The number of halogens is 3. The molecule has 2 aromatic rings. The number of hydrogen-bond acceptors (Lipinski definition) is 4. The van der Waals surface area contributed by atoms with Gasteiger partial charge in [0.2, 0.25) is 5.91 Å². The van der Waals surface area contributed by atoms with Crippen molar-refractivity contribution in [2.45, 2.75) is 12.7 Å². The molecule has 0 radical (unpaired) electrons. The van der Waals surface area contributed by atoms with Crippen LogP contribution in [0.3, 0.4) is 0 Å². The largest absolute Gasteiger partial charge is 0.416 e. The topological polar surface area (TPSA) is 72.7 Å². The van der Waals surface area contributed by atoms with E-state index in [1.807, 2.05) is 0 Å². The zero-order valence-corrected chi connectivity index (χ0v) is 9.42. The third-order valence-electron chi connectivity index (χ3n) is 2.19. The Labute approximate surface area is 105 Å². The molecule has 0 aliphatic heterocycles. The van der Waals surface area contributed by atoms with E-state index < -0.39 is 17.6 Å². The van der Waals surface area contributed by atoms with Gasteiger partial charge in [0.1, 0.15) is 12.9 Å². The summed E-state index contributed by atoms with van der Waals surface area (Å²) in [6.07, 6.45) is -3.14. The van der Waals surface area contributed by atoms with Gasteiger partial charge in [0.15, 0.2) is 0 Å². The predicted molar refractivity (Wildman–Crippen MR) is 57.9 cm³/mol. The van der Waals surface area contributed by atoms with Gasteiger partial charge in [-0.15, -0.1) is 5.10 Å². The molecule has 0 fully saturated rings. The molecular formula is C10H8F3N5O. The normalized spacial score (nSPS) is 11.3. The van der Waals surface area contributed by atoms with Crippen molar-refractivity contribution in [1.29, 1.82) is 0 Å². The van der Waals surface area contributed by atoms with Gasteiger partial charge in [-0.2, -0.15) is 13.2 Å². The summed E-state index contributed by atoms with van der Waals surface area (Å²) in [5.41, 5.74) is -0.503. The number of alkyl halides is 3. The fourth-order valence-corrected chi connectivity index (χ4v) is 1.34. The van der Waals surface area contributed by atoms with Gasteiger partial charge in [-0.25, -0.2) is 4.68 Å². The van der Waals surface area contributed by atoms with E-state index in [0.717, 1.165) is 12.1 Å². The van der Waals surface area contributed by atoms with Crippen LogP contribution in [0, 0.1) is 0 Å². The van der Waals surface area contributed by atoms with Crippen LogP contribution in [0.15, 0.2) is 30.6 Å². The van der Waals surface area contributed by atoms with E-state index in [4.69, 9.17) is 0 Å². The third-order valence-corrected chi connectivity index (χ3v) is 2.19. The highest BCUT2D eigenvalue weighted by molar-refractivity contribution is 5.90. The van der Waals surface area contributed by atoms with E-state index in [-0.39, 0.29) is 12.2 Å². The van der Waals surface area contributed by atoms with Gasteiger partial charge in [0.05, 0.1) is 5.56 Å². The van der Waals surface area contributed by atoms with Crippen LogP contribution in [0.4, 0.5) is 18.9 Å². The lowest BCUT2D eigenvalue weighted by Gasteiger charge is -2.08. The number of rotatable bonds is 3. The lowest BCUT2D eigenvalue weighted by atomic mass is 10.2. The Balaban J connectivity index is 1.98. The first kappa shape index (κ1) is 13.0. The Bertz CT molecular complexity index is 550. The van der Waals surface area contributed by atoms with Gasteiger partial charge >= 0.3 is 6.18 Å². The summed E-state index contributed by atoms with van der Waals surface area (Å²) in [5.74, 6) is -0.438. The maximum atomic E-state index is 12.3. The Morgan fingerprint density at radius 2 is 1.95 bits per heavy atom. The highest BCUT2D eigenvalue weighted by atomic mass is 19.4. The lowest BCUT2D eigenvalue weighted by molar-refractivity contribution is -0.137. The summed E-state index contributed by atoms with van der Waals surface area (Å²) in [4.78, 5) is 11.5. The Morgan fingerprint density at radius 3 is 2.47 bits per heavy atom. The predicted octanol–water partition coefficient (Wildman–Crippen LogP) is 1.33. The number of amides is 1. The summed E-state index contributed by atoms with van der Waals surface area (Å²) >= 11 is 0. The Kier molecular flexibility index (Phi) is 3.45. The quantitative estimate of drug-likeness (QED) is 0.914. The first-order valence-corrected chi connectivity index (χ1v) is 5.13. The minimum Gasteiger partial charge on any atom is -0.324 e. The standard InChI is InChI=1S/C10H8F3N5O/c11-10(12,13)7-1-3-8(4-2-7)15-9(19)5-18-6-14-16-17-18/h1-4,6H,5H2,(H,15,19). The Morgan fingerprint density at radius 1 is 1.26 bits per heavy atom. The molecule has 0 spiro atoms. The molecular weight excluding hydrogens is 263 g/mol. The molecule has 1 N–H and O–H groups in total. The summed E-state index contributed by atoms with van der Waals surface area (Å²) in [6.45, 7) is -0.117. The molecule has 1 aromatic heterocycles. The van der Waals surface area contributed by atoms with Crippen LogP contribution in [-0.4, -0.2) is 26.1 Å². The average Bonchev–Trinajstić information content (AvgIpc) is 2.81. The van der Waals surface area contributed by atoms with E-state index >= 15 is 0 Å². The van der Waals surface area contributed by atoms with Crippen molar-refractivity contribution in [3.8, 4) is 0 Å². The number of nitrogens with one attached hydrogen (secondary N) is 1. The zero-order chi connectivity index (χ0) is 13.9. The fourth-order valence-electron chi connectivity index (χ4n) is 1.34. The molecule has 6 nitrogen and oxygen atoms in total. The van der Waals surface area contributed by atoms with E-state index in [1.165, 1.54) is 23.1 Å². The molecule has 2 rings (SSSR count). The highest BCUT2D eigenvalue weighted by Gasteiger charge is 2.29. The summed E-state index contributed by atoms with van der Waals surface area (Å²) in [5, 5.41) is 12.6. The van der Waals surface area contributed by atoms with Crippen molar-refractivity contribution >= 4 is 11.6 Å². The second kappa shape index (κ2) is 5.04. The van der Waals surface area contributed by atoms with Crippen LogP contribution < -0.4 is 5.32 Å². The SMILES string of the molecule is O=C(Cn1cnnn1)Nc1ccc(C(F)(F)F)cc1. The molecule has 0 saturated carbocycles. The summed E-state index contributed by atoms with van der Waals surface area (Å²) < 4.78 is 38.2. The van der Waals surface area contributed by atoms with Crippen molar-refractivity contribution in [1.82, 2.24) is 20.2 Å². The maximum absolute atomic E-state index is 12.3. The van der Waals surface area contributed by atoms with E-state index in [2.05, 4.69) is 20.8 Å². The number of nitrogens with zero attached hydrogens (tertiary/aromatic N) is 4. The van der Waals surface area contributed by atoms with Gasteiger partial charge in [-0.1, -0.05) is 0 Å². The number of tetrazole rings is 1. The second-order valence-corrected chi connectivity index (χ2v) is 3.63. The molecule has 1 amide bonds. The molecule has 19 heavy (non-hydrogen) atoms. The number of carbonyl (C=O) groups excluding carboxylic acids is 1. The first-order chi connectivity index (χ1) is 8.95. The maximum Gasteiger partial charge on any atom is 0.416 e. The van der Waals surface area contributed by atoms with Crippen molar-refractivity contribution in [3.05, 3.63) is 36.2 Å².